The molecule has 1 aliphatic heterocycles. The second kappa shape index (κ2) is 7.24. The van der Waals surface area contributed by atoms with Gasteiger partial charge in [-0.05, 0) is 24.1 Å². The molecular formula is C18H21N3O2. The molecule has 1 aromatic heterocycles. The van der Waals surface area contributed by atoms with Gasteiger partial charge >= 0.3 is 0 Å². The SMILES string of the molecule is O=C(c1ccc[nH]c1=O)N1CCCN(Cc2ccccc2)CC1. The predicted molar refractivity (Wildman–Crippen MR) is 89.3 cm³/mol. The highest BCUT2D eigenvalue weighted by molar-refractivity contribution is 5.93. The summed E-state index contributed by atoms with van der Waals surface area (Å²) in [5, 5.41) is 0. The Balaban J connectivity index is 1.63. The third kappa shape index (κ3) is 3.87. The van der Waals surface area contributed by atoms with E-state index in [1.165, 1.54) is 5.56 Å². The van der Waals surface area contributed by atoms with Gasteiger partial charge < -0.3 is 9.88 Å². The van der Waals surface area contributed by atoms with Gasteiger partial charge in [0.05, 0.1) is 0 Å². The summed E-state index contributed by atoms with van der Waals surface area (Å²) in [6.07, 6.45) is 2.46. The number of aromatic amines is 1. The number of carbonyl (C=O) groups excluding carboxylic acids is 1. The Kier molecular flexibility index (Phi) is 4.88. The standard InChI is InChI=1S/C18H21N3O2/c22-17-16(8-4-9-19-17)18(23)21-11-5-10-20(12-13-21)14-15-6-2-1-3-7-15/h1-4,6-9H,5,10-14H2,(H,19,22). The van der Waals surface area contributed by atoms with Gasteiger partial charge in [-0.3, -0.25) is 14.5 Å². The average molecular weight is 311 g/mol. The second-order valence-electron chi connectivity index (χ2n) is 5.82. The first-order chi connectivity index (χ1) is 11.2. The predicted octanol–water partition coefficient (Wildman–Crippen LogP) is 1.72. The van der Waals surface area contributed by atoms with Crippen LogP contribution in [0.1, 0.15) is 22.3 Å². The van der Waals surface area contributed by atoms with Gasteiger partial charge in [0.15, 0.2) is 0 Å². The zero-order chi connectivity index (χ0) is 16.1. The molecule has 0 unspecified atom stereocenters. The van der Waals surface area contributed by atoms with Gasteiger partial charge in [-0.2, -0.15) is 0 Å². The van der Waals surface area contributed by atoms with E-state index < -0.39 is 0 Å². The summed E-state index contributed by atoms with van der Waals surface area (Å²) in [6, 6.07) is 13.6. The van der Waals surface area contributed by atoms with E-state index in [0.717, 1.165) is 26.1 Å². The minimum absolute atomic E-state index is 0.173. The van der Waals surface area contributed by atoms with Crippen LogP contribution in [0, 0.1) is 0 Å². The largest absolute Gasteiger partial charge is 0.337 e. The van der Waals surface area contributed by atoms with Crippen LogP contribution in [0.4, 0.5) is 0 Å². The average Bonchev–Trinajstić information content (AvgIpc) is 2.81. The zero-order valence-electron chi connectivity index (χ0n) is 13.1. The Morgan fingerprint density at radius 2 is 1.83 bits per heavy atom. The fourth-order valence-corrected chi connectivity index (χ4v) is 2.93. The lowest BCUT2D eigenvalue weighted by Gasteiger charge is -2.22. The molecule has 0 bridgehead atoms. The molecular weight excluding hydrogens is 290 g/mol. The van der Waals surface area contributed by atoms with E-state index >= 15 is 0 Å². The molecule has 120 valence electrons. The number of hydrogen-bond acceptors (Lipinski definition) is 3. The van der Waals surface area contributed by atoms with Crippen molar-refractivity contribution in [2.45, 2.75) is 13.0 Å². The third-order valence-corrected chi connectivity index (χ3v) is 4.17. The van der Waals surface area contributed by atoms with Crippen molar-refractivity contribution < 1.29 is 4.79 Å². The molecule has 1 aliphatic rings. The molecule has 23 heavy (non-hydrogen) atoms. The number of amides is 1. The Morgan fingerprint density at radius 1 is 1.00 bits per heavy atom. The molecule has 0 aliphatic carbocycles. The van der Waals surface area contributed by atoms with Gasteiger partial charge in [0.25, 0.3) is 11.5 Å². The van der Waals surface area contributed by atoms with Crippen molar-refractivity contribution in [1.29, 1.82) is 0 Å². The second-order valence-corrected chi connectivity index (χ2v) is 5.82. The Bertz CT molecular complexity index is 711. The minimum atomic E-state index is -0.317. The summed E-state index contributed by atoms with van der Waals surface area (Å²) < 4.78 is 0. The van der Waals surface area contributed by atoms with E-state index in [4.69, 9.17) is 0 Å². The summed E-state index contributed by atoms with van der Waals surface area (Å²) in [7, 11) is 0. The van der Waals surface area contributed by atoms with Crippen molar-refractivity contribution >= 4 is 5.91 Å². The van der Waals surface area contributed by atoms with Crippen molar-refractivity contribution in [2.24, 2.45) is 0 Å². The van der Waals surface area contributed by atoms with Crippen LogP contribution in [-0.2, 0) is 6.54 Å². The van der Waals surface area contributed by atoms with Crippen LogP contribution in [0.15, 0.2) is 53.5 Å². The molecule has 1 fully saturated rings. The lowest BCUT2D eigenvalue weighted by molar-refractivity contribution is 0.0759. The van der Waals surface area contributed by atoms with Crippen molar-refractivity contribution in [1.82, 2.24) is 14.8 Å². The number of pyridine rings is 1. The number of rotatable bonds is 3. The molecule has 2 heterocycles. The third-order valence-electron chi connectivity index (χ3n) is 4.17. The number of H-pyrrole nitrogens is 1. The molecule has 1 saturated heterocycles. The maximum absolute atomic E-state index is 12.5. The van der Waals surface area contributed by atoms with Crippen LogP contribution in [0.5, 0.6) is 0 Å². The molecule has 1 aromatic carbocycles. The Morgan fingerprint density at radius 3 is 2.61 bits per heavy atom. The lowest BCUT2D eigenvalue weighted by Crippen LogP contribution is -2.37. The first-order valence-corrected chi connectivity index (χ1v) is 7.97. The molecule has 0 atom stereocenters. The summed E-state index contributed by atoms with van der Waals surface area (Å²) in [5.41, 5.74) is 1.19. The normalized spacial score (nSPS) is 16.1. The number of aromatic nitrogens is 1. The molecule has 0 saturated carbocycles. The van der Waals surface area contributed by atoms with Gasteiger partial charge in [0.1, 0.15) is 5.56 Å². The zero-order valence-corrected chi connectivity index (χ0v) is 13.1. The first-order valence-electron chi connectivity index (χ1n) is 7.97. The van der Waals surface area contributed by atoms with Gasteiger partial charge in [0, 0.05) is 38.9 Å². The van der Waals surface area contributed by atoms with Crippen LogP contribution in [-0.4, -0.2) is 46.9 Å². The number of carbonyl (C=O) groups is 1. The van der Waals surface area contributed by atoms with E-state index in [-0.39, 0.29) is 17.0 Å². The van der Waals surface area contributed by atoms with E-state index in [1.807, 2.05) is 18.2 Å². The fraction of sp³-hybridized carbons (Fsp3) is 0.333. The maximum atomic E-state index is 12.5. The molecule has 5 heteroatoms. The number of benzene rings is 1. The summed E-state index contributed by atoms with van der Waals surface area (Å²) in [6.45, 7) is 4.03. The van der Waals surface area contributed by atoms with Gasteiger partial charge in [-0.15, -0.1) is 0 Å². The van der Waals surface area contributed by atoms with Crippen LogP contribution in [0.2, 0.25) is 0 Å². The maximum Gasteiger partial charge on any atom is 0.260 e. The number of nitrogens with zero attached hydrogens (tertiary/aromatic N) is 2. The number of nitrogens with one attached hydrogen (secondary N) is 1. The van der Waals surface area contributed by atoms with Crippen LogP contribution >= 0.6 is 0 Å². The van der Waals surface area contributed by atoms with Crippen molar-refractivity contribution in [3.8, 4) is 0 Å². The minimum Gasteiger partial charge on any atom is -0.337 e. The van der Waals surface area contributed by atoms with Crippen molar-refractivity contribution in [2.75, 3.05) is 26.2 Å². The number of hydrogen-bond donors (Lipinski definition) is 1. The smallest absolute Gasteiger partial charge is 0.260 e. The van der Waals surface area contributed by atoms with E-state index in [0.29, 0.717) is 13.1 Å². The topological polar surface area (TPSA) is 56.4 Å². The van der Waals surface area contributed by atoms with Crippen LogP contribution in [0.3, 0.4) is 0 Å². The molecule has 1 N–H and O–H groups in total. The molecule has 1 amide bonds. The monoisotopic (exact) mass is 311 g/mol. The highest BCUT2D eigenvalue weighted by atomic mass is 16.2. The molecule has 5 nitrogen and oxygen atoms in total. The molecule has 3 rings (SSSR count). The van der Waals surface area contributed by atoms with Gasteiger partial charge in [-0.25, -0.2) is 0 Å². The Labute approximate surface area is 135 Å². The lowest BCUT2D eigenvalue weighted by atomic mass is 10.2. The van der Waals surface area contributed by atoms with Gasteiger partial charge in [-0.1, -0.05) is 30.3 Å². The molecule has 0 spiro atoms. The van der Waals surface area contributed by atoms with Crippen LogP contribution < -0.4 is 5.56 Å². The summed E-state index contributed by atoms with van der Waals surface area (Å²) in [4.78, 5) is 31.0. The van der Waals surface area contributed by atoms with Crippen molar-refractivity contribution in [3.63, 3.8) is 0 Å². The summed E-state index contributed by atoms with van der Waals surface area (Å²) in [5.74, 6) is -0.173. The van der Waals surface area contributed by atoms with E-state index in [9.17, 15) is 9.59 Å². The van der Waals surface area contributed by atoms with E-state index in [1.54, 1.807) is 23.2 Å². The first kappa shape index (κ1) is 15.5. The molecule has 0 radical (unpaired) electrons. The highest BCUT2D eigenvalue weighted by Gasteiger charge is 2.21. The molecule has 2 aromatic rings. The van der Waals surface area contributed by atoms with Gasteiger partial charge in [0.2, 0.25) is 0 Å². The Hall–Kier alpha value is -2.40. The van der Waals surface area contributed by atoms with Crippen LogP contribution in [0.25, 0.3) is 0 Å². The highest BCUT2D eigenvalue weighted by Crippen LogP contribution is 2.10. The quantitative estimate of drug-likeness (QED) is 0.939. The summed E-state index contributed by atoms with van der Waals surface area (Å²) >= 11 is 0. The fourth-order valence-electron chi connectivity index (χ4n) is 2.93. The van der Waals surface area contributed by atoms with E-state index in [2.05, 4.69) is 22.0 Å². The van der Waals surface area contributed by atoms with Crippen molar-refractivity contribution in [3.05, 3.63) is 70.1 Å².